The minimum absolute atomic E-state index is 0.0256. The Hall–Kier alpha value is -3.96. The highest BCUT2D eigenvalue weighted by molar-refractivity contribution is 6.44. The molecule has 1 aliphatic carbocycles. The molecule has 0 saturated heterocycles. The van der Waals surface area contributed by atoms with Crippen molar-refractivity contribution in [1.29, 1.82) is 5.53 Å². The van der Waals surface area contributed by atoms with Crippen LogP contribution >= 0.6 is 0 Å². The second kappa shape index (κ2) is 8.43. The summed E-state index contributed by atoms with van der Waals surface area (Å²) in [5, 5.41) is 8.12. The van der Waals surface area contributed by atoms with Crippen LogP contribution in [0.1, 0.15) is 51.4 Å². The second-order valence-corrected chi connectivity index (χ2v) is 8.26. The van der Waals surface area contributed by atoms with Gasteiger partial charge in [0.25, 0.3) is 17.6 Å². The van der Waals surface area contributed by atoms with Gasteiger partial charge in [-0.05, 0) is 50.3 Å². The number of ketones is 1. The SMILES string of the molecule is Cc1c(C(=O)C(=O)NC2(/C(=C/N)N=N)CC2)c2n(c1C(=O)Nc1ccc(F)c(F)c1F)CCC2. The smallest absolute Gasteiger partial charge is 0.293 e. The van der Waals surface area contributed by atoms with Gasteiger partial charge in [-0.15, -0.1) is 0 Å². The number of nitrogens with zero attached hydrogens (tertiary/aromatic N) is 2. The number of halogens is 3. The fourth-order valence-corrected chi connectivity index (χ4v) is 4.38. The predicted octanol–water partition coefficient (Wildman–Crippen LogP) is 3.07. The van der Waals surface area contributed by atoms with Crippen LogP contribution < -0.4 is 16.4 Å². The van der Waals surface area contributed by atoms with Crippen molar-refractivity contribution >= 4 is 23.3 Å². The Kier molecular flexibility index (Phi) is 5.75. The number of amides is 2. The van der Waals surface area contributed by atoms with Gasteiger partial charge in [-0.1, -0.05) is 0 Å². The Morgan fingerprint density at radius 1 is 1.21 bits per heavy atom. The molecule has 0 bridgehead atoms. The number of anilines is 1. The van der Waals surface area contributed by atoms with E-state index in [0.29, 0.717) is 44.0 Å². The van der Waals surface area contributed by atoms with Crippen molar-refractivity contribution < 1.29 is 27.6 Å². The van der Waals surface area contributed by atoms with Gasteiger partial charge in [0.2, 0.25) is 0 Å². The van der Waals surface area contributed by atoms with Gasteiger partial charge in [0.1, 0.15) is 11.4 Å². The molecule has 5 N–H and O–H groups in total. The first kappa shape index (κ1) is 23.2. The van der Waals surface area contributed by atoms with Gasteiger partial charge < -0.3 is 20.9 Å². The number of hydrogen-bond donors (Lipinski definition) is 4. The van der Waals surface area contributed by atoms with Crippen LogP contribution in [0.25, 0.3) is 0 Å². The van der Waals surface area contributed by atoms with Crippen molar-refractivity contribution in [1.82, 2.24) is 9.88 Å². The topological polar surface area (TPSA) is 142 Å². The average Bonchev–Trinajstić information content (AvgIpc) is 3.32. The largest absolute Gasteiger partial charge is 0.403 e. The summed E-state index contributed by atoms with van der Waals surface area (Å²) in [7, 11) is 0. The van der Waals surface area contributed by atoms with E-state index in [1.165, 1.54) is 6.92 Å². The molecule has 4 rings (SSSR count). The number of fused-ring (bicyclic) bond motifs is 1. The van der Waals surface area contributed by atoms with E-state index in [0.717, 1.165) is 12.3 Å². The molecule has 178 valence electrons. The zero-order chi connectivity index (χ0) is 24.8. The molecule has 1 aromatic heterocycles. The Bertz CT molecular complexity index is 1280. The number of benzene rings is 1. The summed E-state index contributed by atoms with van der Waals surface area (Å²) < 4.78 is 42.4. The monoisotopic (exact) mass is 474 g/mol. The number of carbonyl (C=O) groups excluding carboxylic acids is 3. The third-order valence-electron chi connectivity index (χ3n) is 6.21. The number of aromatic nitrogens is 1. The van der Waals surface area contributed by atoms with Crippen LogP contribution in [0.4, 0.5) is 18.9 Å². The van der Waals surface area contributed by atoms with Crippen molar-refractivity contribution in [3.63, 3.8) is 0 Å². The third-order valence-corrected chi connectivity index (χ3v) is 6.21. The van der Waals surface area contributed by atoms with E-state index in [1.54, 1.807) is 4.57 Å². The Morgan fingerprint density at radius 2 is 1.91 bits per heavy atom. The zero-order valence-corrected chi connectivity index (χ0v) is 18.1. The normalized spacial score (nSPS) is 16.1. The zero-order valence-electron chi connectivity index (χ0n) is 18.1. The lowest BCUT2D eigenvalue weighted by atomic mass is 10.0. The van der Waals surface area contributed by atoms with E-state index in [4.69, 9.17) is 11.3 Å². The van der Waals surface area contributed by atoms with Gasteiger partial charge in [0.15, 0.2) is 17.5 Å². The van der Waals surface area contributed by atoms with Crippen LogP contribution in [0.5, 0.6) is 0 Å². The van der Waals surface area contributed by atoms with Gasteiger partial charge in [-0.2, -0.15) is 5.11 Å². The molecular formula is C22H21F3N6O3. The van der Waals surface area contributed by atoms with Gasteiger partial charge in [0.05, 0.1) is 16.8 Å². The molecule has 0 atom stereocenters. The quantitative estimate of drug-likeness (QED) is 0.212. The molecule has 1 aliphatic heterocycles. The highest BCUT2D eigenvalue weighted by atomic mass is 19.2. The molecular weight excluding hydrogens is 453 g/mol. The Morgan fingerprint density at radius 3 is 2.53 bits per heavy atom. The van der Waals surface area contributed by atoms with Crippen LogP contribution in [0, 0.1) is 29.9 Å². The molecule has 1 aromatic carbocycles. The number of Topliss-reactive ketones (excluding diaryl/α,β-unsaturated/α-hetero) is 1. The highest BCUT2D eigenvalue weighted by Gasteiger charge is 2.49. The minimum Gasteiger partial charge on any atom is -0.403 e. The third kappa shape index (κ3) is 3.64. The predicted molar refractivity (Wildman–Crippen MR) is 114 cm³/mol. The van der Waals surface area contributed by atoms with Crippen molar-refractivity contribution in [3.05, 3.63) is 64.0 Å². The van der Waals surface area contributed by atoms with Crippen molar-refractivity contribution in [2.24, 2.45) is 10.8 Å². The van der Waals surface area contributed by atoms with Gasteiger partial charge in [0, 0.05) is 18.4 Å². The van der Waals surface area contributed by atoms with Gasteiger partial charge in [-0.25, -0.2) is 18.7 Å². The van der Waals surface area contributed by atoms with Crippen molar-refractivity contribution in [2.45, 2.75) is 44.7 Å². The van der Waals surface area contributed by atoms with E-state index in [-0.39, 0.29) is 22.5 Å². The molecule has 0 radical (unpaired) electrons. The molecule has 12 heteroatoms. The molecule has 2 aliphatic rings. The first-order valence-electron chi connectivity index (χ1n) is 10.5. The molecule has 34 heavy (non-hydrogen) atoms. The lowest BCUT2D eigenvalue weighted by molar-refractivity contribution is -0.117. The first-order valence-corrected chi connectivity index (χ1v) is 10.5. The number of nitrogens with one attached hydrogen (secondary N) is 3. The maximum Gasteiger partial charge on any atom is 0.293 e. The van der Waals surface area contributed by atoms with Crippen molar-refractivity contribution in [3.8, 4) is 0 Å². The van der Waals surface area contributed by atoms with Gasteiger partial charge in [-0.3, -0.25) is 14.4 Å². The highest BCUT2D eigenvalue weighted by Crippen LogP contribution is 2.42. The van der Waals surface area contributed by atoms with E-state index >= 15 is 0 Å². The van der Waals surface area contributed by atoms with E-state index < -0.39 is 46.3 Å². The number of carbonyl (C=O) groups is 3. The fraction of sp³-hybridized carbons (Fsp3) is 0.318. The van der Waals surface area contributed by atoms with Gasteiger partial charge >= 0.3 is 0 Å². The maximum absolute atomic E-state index is 14.1. The van der Waals surface area contributed by atoms with E-state index in [2.05, 4.69) is 15.7 Å². The summed E-state index contributed by atoms with van der Waals surface area (Å²) in [6, 6.07) is 1.58. The molecule has 2 amide bonds. The molecule has 1 fully saturated rings. The second-order valence-electron chi connectivity index (χ2n) is 8.26. The summed E-state index contributed by atoms with van der Waals surface area (Å²) in [6.07, 6.45) is 3.09. The first-order chi connectivity index (χ1) is 16.1. The fourth-order valence-electron chi connectivity index (χ4n) is 4.38. The molecule has 2 heterocycles. The molecule has 1 saturated carbocycles. The molecule has 2 aromatic rings. The van der Waals surface area contributed by atoms with Crippen LogP contribution in [-0.4, -0.2) is 27.7 Å². The lowest BCUT2D eigenvalue weighted by Crippen LogP contribution is -2.42. The summed E-state index contributed by atoms with van der Waals surface area (Å²) in [6.45, 7) is 1.87. The van der Waals surface area contributed by atoms with Crippen molar-refractivity contribution in [2.75, 3.05) is 5.32 Å². The molecule has 9 nitrogen and oxygen atoms in total. The van der Waals surface area contributed by atoms with E-state index in [1.807, 2.05) is 0 Å². The Labute approximate surface area is 191 Å². The standard InChI is InChI=1S/C22H21F3N6O3/c1-10-15(19(32)21(34)29-22(6-7-22)14(9-26)30-27)13-3-2-8-31(13)18(10)20(33)28-12-5-4-11(23)16(24)17(12)25/h4-5,9,27H,2-3,6-8,26H2,1H3,(H,28,33)(H,29,34)/b14-9-,30-27?. The molecule has 0 unspecified atom stereocenters. The lowest BCUT2D eigenvalue weighted by Gasteiger charge is -2.16. The minimum atomic E-state index is -1.72. The number of rotatable bonds is 7. The summed E-state index contributed by atoms with van der Waals surface area (Å²) >= 11 is 0. The van der Waals surface area contributed by atoms with E-state index in [9.17, 15) is 27.6 Å². The summed E-state index contributed by atoms with van der Waals surface area (Å²) in [4.78, 5) is 38.9. The van der Waals surface area contributed by atoms with Crippen LogP contribution in [-0.2, 0) is 17.8 Å². The van der Waals surface area contributed by atoms with Crippen LogP contribution in [0.2, 0.25) is 0 Å². The summed E-state index contributed by atoms with van der Waals surface area (Å²) in [5.41, 5.74) is 12.1. The molecule has 0 spiro atoms. The maximum atomic E-state index is 14.1. The van der Waals surface area contributed by atoms with Crippen LogP contribution in [0.15, 0.2) is 29.1 Å². The van der Waals surface area contributed by atoms with Crippen LogP contribution in [0.3, 0.4) is 0 Å². The number of nitrogens with two attached hydrogens (primary N) is 1. The summed E-state index contributed by atoms with van der Waals surface area (Å²) in [5.74, 6) is -7.29. The number of hydrogen-bond acceptors (Lipinski definition) is 6. The average molecular weight is 474 g/mol. The Balaban J connectivity index is 1.64.